The van der Waals surface area contributed by atoms with Gasteiger partial charge in [0, 0.05) is 37.1 Å². The van der Waals surface area contributed by atoms with Crippen molar-refractivity contribution in [1.29, 1.82) is 0 Å². The average molecular weight is 314 g/mol. The SMILES string of the molecule is CC(C)(C)C(=O)N(C1CC1)C1CCN(Cc2ccccc2)CC1. The zero-order chi connectivity index (χ0) is 16.4. The highest BCUT2D eigenvalue weighted by molar-refractivity contribution is 5.82. The van der Waals surface area contributed by atoms with E-state index in [4.69, 9.17) is 0 Å². The minimum atomic E-state index is -0.260. The van der Waals surface area contributed by atoms with E-state index in [0.717, 1.165) is 32.5 Å². The van der Waals surface area contributed by atoms with E-state index in [1.54, 1.807) is 0 Å². The molecule has 3 heteroatoms. The lowest BCUT2D eigenvalue weighted by Gasteiger charge is -2.41. The van der Waals surface area contributed by atoms with Gasteiger partial charge < -0.3 is 4.90 Å². The summed E-state index contributed by atoms with van der Waals surface area (Å²) in [6.45, 7) is 9.38. The molecular weight excluding hydrogens is 284 g/mol. The van der Waals surface area contributed by atoms with Crippen LogP contribution in [-0.2, 0) is 11.3 Å². The summed E-state index contributed by atoms with van der Waals surface area (Å²) < 4.78 is 0. The van der Waals surface area contributed by atoms with E-state index >= 15 is 0 Å². The summed E-state index contributed by atoms with van der Waals surface area (Å²) in [5.74, 6) is 0.349. The number of hydrogen-bond acceptors (Lipinski definition) is 2. The molecule has 2 fully saturated rings. The number of amides is 1. The molecule has 0 spiro atoms. The molecule has 3 rings (SSSR count). The predicted octanol–water partition coefficient (Wildman–Crippen LogP) is 3.69. The maximum atomic E-state index is 12.8. The molecular formula is C20H30N2O. The molecule has 1 amide bonds. The molecule has 0 radical (unpaired) electrons. The third kappa shape index (κ3) is 4.14. The molecule has 1 aliphatic heterocycles. The van der Waals surface area contributed by atoms with Crippen molar-refractivity contribution in [2.45, 2.75) is 65.1 Å². The highest BCUT2D eigenvalue weighted by atomic mass is 16.2. The summed E-state index contributed by atoms with van der Waals surface area (Å²) in [5, 5.41) is 0. The first-order valence-electron chi connectivity index (χ1n) is 9.04. The summed E-state index contributed by atoms with van der Waals surface area (Å²) in [6.07, 6.45) is 4.63. The molecule has 0 N–H and O–H groups in total. The van der Waals surface area contributed by atoms with Crippen molar-refractivity contribution in [2.75, 3.05) is 13.1 Å². The third-order valence-electron chi connectivity index (χ3n) is 5.02. The van der Waals surface area contributed by atoms with Gasteiger partial charge in [-0.25, -0.2) is 0 Å². The van der Waals surface area contributed by atoms with Crippen LogP contribution in [0.5, 0.6) is 0 Å². The van der Waals surface area contributed by atoms with Crippen LogP contribution in [0, 0.1) is 5.41 Å². The van der Waals surface area contributed by atoms with Gasteiger partial charge >= 0.3 is 0 Å². The van der Waals surface area contributed by atoms with Gasteiger partial charge in [0.05, 0.1) is 0 Å². The van der Waals surface area contributed by atoms with E-state index in [1.165, 1.54) is 18.4 Å². The second-order valence-electron chi connectivity index (χ2n) is 8.19. The number of nitrogens with zero attached hydrogens (tertiary/aromatic N) is 2. The lowest BCUT2D eigenvalue weighted by atomic mass is 9.92. The molecule has 0 atom stereocenters. The Balaban J connectivity index is 1.58. The first-order valence-corrected chi connectivity index (χ1v) is 9.04. The molecule has 23 heavy (non-hydrogen) atoms. The van der Waals surface area contributed by atoms with E-state index in [-0.39, 0.29) is 5.41 Å². The summed E-state index contributed by atoms with van der Waals surface area (Å²) in [4.78, 5) is 17.6. The fourth-order valence-corrected chi connectivity index (χ4v) is 3.57. The Kier molecular flexibility index (Phi) is 4.77. The second-order valence-corrected chi connectivity index (χ2v) is 8.19. The van der Waals surface area contributed by atoms with Gasteiger partial charge in [-0.2, -0.15) is 0 Å². The fourth-order valence-electron chi connectivity index (χ4n) is 3.57. The minimum absolute atomic E-state index is 0.260. The Morgan fingerprint density at radius 3 is 2.13 bits per heavy atom. The summed E-state index contributed by atoms with van der Waals surface area (Å²) >= 11 is 0. The first kappa shape index (κ1) is 16.5. The molecule has 0 bridgehead atoms. The van der Waals surface area contributed by atoms with Crippen LogP contribution in [0.1, 0.15) is 52.0 Å². The number of likely N-dealkylation sites (tertiary alicyclic amines) is 1. The molecule has 1 aromatic rings. The molecule has 3 nitrogen and oxygen atoms in total. The maximum Gasteiger partial charge on any atom is 0.228 e. The molecule has 1 saturated carbocycles. The number of carbonyl (C=O) groups is 1. The molecule has 126 valence electrons. The van der Waals surface area contributed by atoms with E-state index in [0.29, 0.717) is 18.0 Å². The van der Waals surface area contributed by atoms with Crippen LogP contribution in [0.25, 0.3) is 0 Å². The normalized spacial score (nSPS) is 20.5. The van der Waals surface area contributed by atoms with Gasteiger partial charge in [0.2, 0.25) is 5.91 Å². The largest absolute Gasteiger partial charge is 0.336 e. The maximum absolute atomic E-state index is 12.8. The molecule has 1 saturated heterocycles. The van der Waals surface area contributed by atoms with Crippen molar-refractivity contribution in [3.05, 3.63) is 35.9 Å². The molecule has 1 aromatic carbocycles. The van der Waals surface area contributed by atoms with Gasteiger partial charge in [-0.3, -0.25) is 9.69 Å². The number of carbonyl (C=O) groups excluding carboxylic acids is 1. The summed E-state index contributed by atoms with van der Waals surface area (Å²) in [6, 6.07) is 11.7. The second kappa shape index (κ2) is 6.64. The zero-order valence-corrected chi connectivity index (χ0v) is 14.8. The monoisotopic (exact) mass is 314 g/mol. The van der Waals surface area contributed by atoms with E-state index in [2.05, 4.69) is 60.9 Å². The smallest absolute Gasteiger partial charge is 0.228 e. The summed E-state index contributed by atoms with van der Waals surface area (Å²) in [5.41, 5.74) is 1.12. The standard InChI is InChI=1S/C20H30N2O/c1-20(2,3)19(23)22(17-9-10-17)18-11-13-21(14-12-18)15-16-7-5-4-6-8-16/h4-8,17-18H,9-15H2,1-3H3. The van der Waals surface area contributed by atoms with Crippen molar-refractivity contribution in [3.8, 4) is 0 Å². The lowest BCUT2D eigenvalue weighted by molar-refractivity contribution is -0.143. The Labute approximate surface area is 140 Å². The van der Waals surface area contributed by atoms with Crippen molar-refractivity contribution >= 4 is 5.91 Å². The van der Waals surface area contributed by atoms with Gasteiger partial charge in [0.1, 0.15) is 0 Å². The van der Waals surface area contributed by atoms with Crippen LogP contribution in [-0.4, -0.2) is 40.9 Å². The third-order valence-corrected chi connectivity index (χ3v) is 5.02. The van der Waals surface area contributed by atoms with Crippen LogP contribution >= 0.6 is 0 Å². The van der Waals surface area contributed by atoms with E-state index in [1.807, 2.05) is 0 Å². The van der Waals surface area contributed by atoms with Gasteiger partial charge in [-0.1, -0.05) is 51.1 Å². The van der Waals surface area contributed by atoms with Crippen LogP contribution in [0.4, 0.5) is 0 Å². The number of hydrogen-bond donors (Lipinski definition) is 0. The van der Waals surface area contributed by atoms with Crippen LogP contribution in [0.15, 0.2) is 30.3 Å². The van der Waals surface area contributed by atoms with Gasteiger partial charge in [0.25, 0.3) is 0 Å². The Morgan fingerprint density at radius 2 is 1.61 bits per heavy atom. The quantitative estimate of drug-likeness (QED) is 0.846. The van der Waals surface area contributed by atoms with Gasteiger partial charge in [0.15, 0.2) is 0 Å². The minimum Gasteiger partial charge on any atom is -0.336 e. The van der Waals surface area contributed by atoms with Crippen molar-refractivity contribution < 1.29 is 4.79 Å². The fraction of sp³-hybridized carbons (Fsp3) is 0.650. The van der Waals surface area contributed by atoms with E-state index in [9.17, 15) is 4.79 Å². The highest BCUT2D eigenvalue weighted by Gasteiger charge is 2.41. The molecule has 1 heterocycles. The van der Waals surface area contributed by atoms with Crippen molar-refractivity contribution in [1.82, 2.24) is 9.80 Å². The van der Waals surface area contributed by atoms with Crippen LogP contribution in [0.2, 0.25) is 0 Å². The van der Waals surface area contributed by atoms with E-state index < -0.39 is 0 Å². The van der Waals surface area contributed by atoms with Crippen molar-refractivity contribution in [2.24, 2.45) is 5.41 Å². The van der Waals surface area contributed by atoms with Crippen molar-refractivity contribution in [3.63, 3.8) is 0 Å². The average Bonchev–Trinajstić information content (AvgIpc) is 3.34. The zero-order valence-electron chi connectivity index (χ0n) is 14.8. The highest BCUT2D eigenvalue weighted by Crippen LogP contribution is 2.35. The van der Waals surface area contributed by atoms with Crippen LogP contribution in [0.3, 0.4) is 0 Å². The van der Waals surface area contributed by atoms with Crippen LogP contribution < -0.4 is 0 Å². The Bertz CT molecular complexity index is 522. The predicted molar refractivity (Wildman–Crippen MR) is 94.1 cm³/mol. The summed E-state index contributed by atoms with van der Waals surface area (Å²) in [7, 11) is 0. The lowest BCUT2D eigenvalue weighted by Crippen LogP contribution is -2.51. The molecule has 2 aliphatic rings. The van der Waals surface area contributed by atoms with Gasteiger partial charge in [-0.15, -0.1) is 0 Å². The Morgan fingerprint density at radius 1 is 1.04 bits per heavy atom. The topological polar surface area (TPSA) is 23.6 Å². The molecule has 0 aromatic heterocycles. The Hall–Kier alpha value is -1.35. The number of benzene rings is 1. The molecule has 1 aliphatic carbocycles. The number of rotatable bonds is 4. The first-order chi connectivity index (χ1) is 10.9. The molecule has 0 unspecified atom stereocenters. The number of piperidine rings is 1. The van der Waals surface area contributed by atoms with Gasteiger partial charge in [-0.05, 0) is 31.2 Å².